The molecule has 1 atom stereocenters. The molecule has 3 nitrogen and oxygen atoms in total. The van der Waals surface area contributed by atoms with Crippen LogP contribution in [0.25, 0.3) is 5.57 Å². The molecule has 20 heavy (non-hydrogen) atoms. The van der Waals surface area contributed by atoms with Gasteiger partial charge < -0.3 is 9.64 Å². The molecule has 1 heterocycles. The Morgan fingerprint density at radius 3 is 2.65 bits per heavy atom. The minimum absolute atomic E-state index is 0.0616. The van der Waals surface area contributed by atoms with E-state index in [1.807, 2.05) is 62.9 Å². The molecular weight excluding hydrogens is 250 g/mol. The molecule has 3 heteroatoms. The number of hydrogen-bond acceptors (Lipinski definition) is 2. The van der Waals surface area contributed by atoms with Gasteiger partial charge in [-0.15, -0.1) is 0 Å². The maximum atomic E-state index is 12.5. The first-order valence-electron chi connectivity index (χ1n) is 7.07. The van der Waals surface area contributed by atoms with Crippen LogP contribution in [0, 0.1) is 0 Å². The van der Waals surface area contributed by atoms with Gasteiger partial charge in [0, 0.05) is 12.6 Å². The molecule has 2 rings (SSSR count). The molecule has 1 aliphatic rings. The van der Waals surface area contributed by atoms with Crippen LogP contribution in [0.15, 0.2) is 36.4 Å². The number of allylic oxidation sites excluding steroid dienone is 1. The zero-order chi connectivity index (χ0) is 14.8. The summed E-state index contributed by atoms with van der Waals surface area (Å²) in [5.74, 6) is 0.0616. The quantitative estimate of drug-likeness (QED) is 0.775. The molecule has 1 amide bonds. The second kappa shape index (κ2) is 5.80. The Morgan fingerprint density at radius 2 is 2.00 bits per heavy atom. The van der Waals surface area contributed by atoms with Gasteiger partial charge in [0.25, 0.3) is 0 Å². The van der Waals surface area contributed by atoms with Crippen LogP contribution in [-0.2, 0) is 9.53 Å². The molecule has 1 fully saturated rings. The third-order valence-electron chi connectivity index (χ3n) is 3.73. The van der Waals surface area contributed by atoms with Crippen LogP contribution in [0.1, 0.15) is 33.3 Å². The lowest BCUT2D eigenvalue weighted by atomic mass is 10.00. The minimum Gasteiger partial charge on any atom is -0.374 e. The summed E-state index contributed by atoms with van der Waals surface area (Å²) in [6.07, 6.45) is 1.83. The van der Waals surface area contributed by atoms with E-state index in [-0.39, 0.29) is 17.6 Å². The third kappa shape index (κ3) is 3.28. The highest BCUT2D eigenvalue weighted by Gasteiger charge is 2.35. The summed E-state index contributed by atoms with van der Waals surface area (Å²) in [6, 6.07) is 9.99. The van der Waals surface area contributed by atoms with Crippen LogP contribution in [0.2, 0.25) is 0 Å². The lowest BCUT2D eigenvalue weighted by Crippen LogP contribution is -2.57. The summed E-state index contributed by atoms with van der Waals surface area (Å²) >= 11 is 0. The molecule has 1 aliphatic heterocycles. The highest BCUT2D eigenvalue weighted by atomic mass is 16.5. The van der Waals surface area contributed by atoms with E-state index in [9.17, 15) is 4.79 Å². The first-order chi connectivity index (χ1) is 9.40. The van der Waals surface area contributed by atoms with Gasteiger partial charge in [0.15, 0.2) is 0 Å². The topological polar surface area (TPSA) is 29.5 Å². The number of carbonyl (C=O) groups is 1. The zero-order valence-electron chi connectivity index (χ0n) is 12.7. The first-order valence-corrected chi connectivity index (χ1v) is 7.07. The number of nitrogens with zero attached hydrogens (tertiary/aromatic N) is 1. The maximum absolute atomic E-state index is 12.5. The smallest absolute Gasteiger partial charge is 0.247 e. The van der Waals surface area contributed by atoms with Crippen LogP contribution in [0.4, 0.5) is 0 Å². The van der Waals surface area contributed by atoms with Crippen LogP contribution >= 0.6 is 0 Å². The SMILES string of the molecule is C/C(=C\C(=O)N1CC(C)OCC1(C)C)c1ccccc1. The van der Waals surface area contributed by atoms with Crippen molar-refractivity contribution >= 4 is 11.5 Å². The monoisotopic (exact) mass is 273 g/mol. The van der Waals surface area contributed by atoms with Crippen molar-refractivity contribution in [2.45, 2.75) is 39.3 Å². The minimum atomic E-state index is -0.253. The number of carbonyl (C=O) groups excluding carboxylic acids is 1. The third-order valence-corrected chi connectivity index (χ3v) is 3.73. The van der Waals surface area contributed by atoms with E-state index in [0.717, 1.165) is 11.1 Å². The second-order valence-electron chi connectivity index (χ2n) is 6.08. The molecule has 1 aromatic carbocycles. The second-order valence-corrected chi connectivity index (χ2v) is 6.08. The maximum Gasteiger partial charge on any atom is 0.247 e. The fraction of sp³-hybridized carbons (Fsp3) is 0.471. The van der Waals surface area contributed by atoms with Gasteiger partial charge in [-0.3, -0.25) is 4.79 Å². The molecule has 0 N–H and O–H groups in total. The Hall–Kier alpha value is -1.61. The molecule has 0 aromatic heterocycles. The Labute approximate surface area is 121 Å². The van der Waals surface area contributed by atoms with Crippen LogP contribution in [-0.4, -0.2) is 35.6 Å². The molecule has 1 unspecified atom stereocenters. The summed E-state index contributed by atoms with van der Waals surface area (Å²) in [5, 5.41) is 0. The van der Waals surface area contributed by atoms with Gasteiger partial charge in [0.1, 0.15) is 0 Å². The van der Waals surface area contributed by atoms with Gasteiger partial charge in [0.05, 0.1) is 18.2 Å². The molecule has 0 spiro atoms. The first kappa shape index (κ1) is 14.8. The molecule has 0 saturated carbocycles. The Bertz CT molecular complexity index is 505. The van der Waals surface area contributed by atoms with Crippen molar-refractivity contribution in [3.63, 3.8) is 0 Å². The lowest BCUT2D eigenvalue weighted by Gasteiger charge is -2.44. The van der Waals surface area contributed by atoms with Gasteiger partial charge in [-0.2, -0.15) is 0 Å². The van der Waals surface area contributed by atoms with E-state index in [0.29, 0.717) is 13.2 Å². The summed E-state index contributed by atoms with van der Waals surface area (Å²) in [5.41, 5.74) is 1.82. The fourth-order valence-electron chi connectivity index (χ4n) is 2.42. The van der Waals surface area contributed by atoms with E-state index >= 15 is 0 Å². The van der Waals surface area contributed by atoms with Gasteiger partial charge in [-0.05, 0) is 38.8 Å². The summed E-state index contributed by atoms with van der Waals surface area (Å²) in [6.45, 7) is 9.29. The van der Waals surface area contributed by atoms with Crippen LogP contribution < -0.4 is 0 Å². The molecule has 1 aromatic rings. The number of morpholine rings is 1. The molecule has 0 aliphatic carbocycles. The van der Waals surface area contributed by atoms with Gasteiger partial charge in [0.2, 0.25) is 5.91 Å². The van der Waals surface area contributed by atoms with Crippen molar-refractivity contribution in [2.24, 2.45) is 0 Å². The van der Waals surface area contributed by atoms with Crippen molar-refractivity contribution in [3.8, 4) is 0 Å². The average molecular weight is 273 g/mol. The number of amides is 1. The Balaban J connectivity index is 2.18. The van der Waals surface area contributed by atoms with Crippen LogP contribution in [0.3, 0.4) is 0 Å². The standard InChI is InChI=1S/C17H23NO2/c1-13(15-8-6-5-7-9-15)10-16(19)18-11-14(2)20-12-17(18,3)4/h5-10,14H,11-12H2,1-4H3/b13-10+. The summed E-state index contributed by atoms with van der Waals surface area (Å²) in [4.78, 5) is 14.4. The van der Waals surface area contributed by atoms with Crippen LogP contribution in [0.5, 0.6) is 0 Å². The molecule has 0 radical (unpaired) electrons. The summed E-state index contributed by atoms with van der Waals surface area (Å²) in [7, 11) is 0. The van der Waals surface area contributed by atoms with E-state index in [2.05, 4.69) is 0 Å². The molecule has 108 valence electrons. The predicted octanol–water partition coefficient (Wildman–Crippen LogP) is 3.12. The zero-order valence-corrected chi connectivity index (χ0v) is 12.7. The number of benzene rings is 1. The Morgan fingerprint density at radius 1 is 1.35 bits per heavy atom. The summed E-state index contributed by atoms with van der Waals surface area (Å²) < 4.78 is 5.65. The van der Waals surface area contributed by atoms with E-state index < -0.39 is 0 Å². The number of hydrogen-bond donors (Lipinski definition) is 0. The molecule has 1 saturated heterocycles. The van der Waals surface area contributed by atoms with Crippen molar-refractivity contribution < 1.29 is 9.53 Å². The van der Waals surface area contributed by atoms with Gasteiger partial charge in [-0.25, -0.2) is 0 Å². The number of ether oxygens (including phenoxy) is 1. The fourth-order valence-corrected chi connectivity index (χ4v) is 2.42. The van der Waals surface area contributed by atoms with Crippen molar-refractivity contribution in [3.05, 3.63) is 42.0 Å². The highest BCUT2D eigenvalue weighted by molar-refractivity contribution is 5.95. The van der Waals surface area contributed by atoms with Gasteiger partial charge >= 0.3 is 0 Å². The van der Waals surface area contributed by atoms with E-state index in [1.54, 1.807) is 6.08 Å². The van der Waals surface area contributed by atoms with Gasteiger partial charge in [-0.1, -0.05) is 30.3 Å². The van der Waals surface area contributed by atoms with E-state index in [4.69, 9.17) is 4.74 Å². The van der Waals surface area contributed by atoms with E-state index in [1.165, 1.54) is 0 Å². The Kier molecular flexibility index (Phi) is 4.29. The molecule has 0 bridgehead atoms. The van der Waals surface area contributed by atoms with Crippen molar-refractivity contribution in [1.29, 1.82) is 0 Å². The predicted molar refractivity (Wildman–Crippen MR) is 81.3 cm³/mol. The lowest BCUT2D eigenvalue weighted by molar-refractivity contribution is -0.147. The normalized spacial score (nSPS) is 22.7. The van der Waals surface area contributed by atoms with Crippen molar-refractivity contribution in [1.82, 2.24) is 4.90 Å². The van der Waals surface area contributed by atoms with Crippen molar-refractivity contribution in [2.75, 3.05) is 13.2 Å². The highest BCUT2D eigenvalue weighted by Crippen LogP contribution is 2.23. The molecular formula is C17H23NO2. The number of rotatable bonds is 2. The largest absolute Gasteiger partial charge is 0.374 e. The average Bonchev–Trinajstić information content (AvgIpc) is 2.42.